The van der Waals surface area contributed by atoms with E-state index in [0.717, 1.165) is 32.7 Å². The average Bonchev–Trinajstić information content (AvgIpc) is 3.30. The van der Waals surface area contributed by atoms with Crippen LogP contribution in [0.3, 0.4) is 0 Å². The highest BCUT2D eigenvalue weighted by molar-refractivity contribution is 9.10. The van der Waals surface area contributed by atoms with Crippen molar-refractivity contribution in [3.05, 3.63) is 87.2 Å². The van der Waals surface area contributed by atoms with Gasteiger partial charge in [0, 0.05) is 37.7 Å². The van der Waals surface area contributed by atoms with Crippen molar-refractivity contribution in [3.63, 3.8) is 0 Å². The SMILES string of the molecule is C=CC(=O)N1Cc2nn(-c3ccc(C(C)C)cc3C)c3c2[C@H](C1)N(C(=O)c1ccc(Br)c(OCOC)c1)CC3. The van der Waals surface area contributed by atoms with Gasteiger partial charge >= 0.3 is 0 Å². The molecule has 2 amide bonds. The molecule has 0 spiro atoms. The molecule has 3 heterocycles. The predicted molar refractivity (Wildman–Crippen MR) is 152 cm³/mol. The van der Waals surface area contributed by atoms with Gasteiger partial charge in [-0.1, -0.05) is 32.6 Å². The third-order valence-electron chi connectivity index (χ3n) is 7.50. The van der Waals surface area contributed by atoms with Crippen molar-refractivity contribution in [2.75, 3.05) is 27.0 Å². The van der Waals surface area contributed by atoms with Crippen LogP contribution in [0, 0.1) is 6.92 Å². The number of carbonyl (C=O) groups excluding carboxylic acids is 2. The molecule has 9 heteroatoms. The Hall–Kier alpha value is -3.43. The van der Waals surface area contributed by atoms with Gasteiger partial charge in [-0.15, -0.1) is 0 Å². The first-order valence-electron chi connectivity index (χ1n) is 13.1. The molecule has 2 aliphatic heterocycles. The predicted octanol–water partition coefficient (Wildman–Crippen LogP) is 5.32. The van der Waals surface area contributed by atoms with Gasteiger partial charge in [0.2, 0.25) is 5.91 Å². The standard InChI is InChI=1S/C30H33BrN4O4/c1-6-28(36)33-15-23-29-25(35(32-23)24-10-8-20(18(2)3)13-19(24)4)11-12-34(26(29)16-33)30(37)21-7-9-22(31)27(14-21)39-17-38-5/h6-10,13-14,18,26H,1,11-12,15-17H2,2-5H3/t26-/m0/s1. The normalized spacial score (nSPS) is 16.3. The van der Waals surface area contributed by atoms with E-state index in [0.29, 0.717) is 43.3 Å². The molecule has 1 atom stereocenters. The monoisotopic (exact) mass is 592 g/mol. The summed E-state index contributed by atoms with van der Waals surface area (Å²) < 4.78 is 13.4. The highest BCUT2D eigenvalue weighted by atomic mass is 79.9. The Morgan fingerprint density at radius 3 is 2.72 bits per heavy atom. The van der Waals surface area contributed by atoms with Crippen molar-refractivity contribution in [2.45, 2.75) is 45.7 Å². The molecule has 0 saturated heterocycles. The maximum absolute atomic E-state index is 13.9. The van der Waals surface area contributed by atoms with Crippen LogP contribution in [-0.4, -0.2) is 58.4 Å². The van der Waals surface area contributed by atoms with Gasteiger partial charge in [-0.05, 0) is 70.2 Å². The van der Waals surface area contributed by atoms with Crippen molar-refractivity contribution in [3.8, 4) is 11.4 Å². The number of hydrogen-bond acceptors (Lipinski definition) is 5. The minimum Gasteiger partial charge on any atom is -0.466 e. The topological polar surface area (TPSA) is 76.9 Å². The summed E-state index contributed by atoms with van der Waals surface area (Å²) in [6.45, 7) is 11.5. The highest BCUT2D eigenvalue weighted by Gasteiger charge is 2.41. The minimum atomic E-state index is -0.315. The fraction of sp³-hybridized carbons (Fsp3) is 0.367. The molecule has 39 heavy (non-hydrogen) atoms. The number of ether oxygens (including phenoxy) is 2. The Morgan fingerprint density at radius 1 is 1.23 bits per heavy atom. The first-order valence-corrected chi connectivity index (χ1v) is 13.9. The Labute approximate surface area is 237 Å². The molecule has 3 aromatic rings. The van der Waals surface area contributed by atoms with E-state index < -0.39 is 0 Å². The van der Waals surface area contributed by atoms with Gasteiger partial charge in [-0.2, -0.15) is 5.10 Å². The van der Waals surface area contributed by atoms with Crippen molar-refractivity contribution in [1.82, 2.24) is 19.6 Å². The zero-order chi connectivity index (χ0) is 27.8. The molecule has 0 saturated carbocycles. The largest absolute Gasteiger partial charge is 0.466 e. The fourth-order valence-corrected chi connectivity index (χ4v) is 5.85. The molecular weight excluding hydrogens is 560 g/mol. The van der Waals surface area contributed by atoms with E-state index in [4.69, 9.17) is 14.6 Å². The summed E-state index contributed by atoms with van der Waals surface area (Å²) in [7, 11) is 1.55. The summed E-state index contributed by atoms with van der Waals surface area (Å²) in [6.07, 6.45) is 1.98. The molecule has 0 N–H and O–H groups in total. The lowest BCUT2D eigenvalue weighted by atomic mass is 9.91. The van der Waals surface area contributed by atoms with Crippen LogP contribution in [0.15, 0.2) is 53.5 Å². The third kappa shape index (κ3) is 5.01. The summed E-state index contributed by atoms with van der Waals surface area (Å²) in [5, 5.41) is 5.02. The molecule has 0 radical (unpaired) electrons. The first-order chi connectivity index (χ1) is 18.7. The number of aryl methyl sites for hydroxylation is 1. The Bertz CT molecular complexity index is 1450. The summed E-state index contributed by atoms with van der Waals surface area (Å²) in [6, 6.07) is 11.5. The molecule has 2 aromatic carbocycles. The summed E-state index contributed by atoms with van der Waals surface area (Å²) >= 11 is 3.48. The van der Waals surface area contributed by atoms with Crippen molar-refractivity contribution in [2.24, 2.45) is 0 Å². The van der Waals surface area contributed by atoms with Crippen LogP contribution >= 0.6 is 15.9 Å². The second-order valence-electron chi connectivity index (χ2n) is 10.3. The van der Waals surface area contributed by atoms with Crippen LogP contribution < -0.4 is 4.74 Å². The van der Waals surface area contributed by atoms with Gasteiger partial charge in [-0.25, -0.2) is 4.68 Å². The summed E-state index contributed by atoms with van der Waals surface area (Å²) in [4.78, 5) is 30.2. The van der Waals surface area contributed by atoms with Crippen LogP contribution in [0.25, 0.3) is 5.69 Å². The lowest BCUT2D eigenvalue weighted by molar-refractivity contribution is -0.128. The summed E-state index contributed by atoms with van der Waals surface area (Å²) in [5.41, 5.74) is 6.92. The molecule has 1 aromatic heterocycles. The van der Waals surface area contributed by atoms with Crippen LogP contribution in [-0.2, 0) is 22.5 Å². The van der Waals surface area contributed by atoms with Gasteiger partial charge < -0.3 is 19.3 Å². The molecule has 0 fully saturated rings. The van der Waals surface area contributed by atoms with E-state index in [1.165, 1.54) is 11.6 Å². The van der Waals surface area contributed by atoms with E-state index in [1.807, 2.05) is 9.58 Å². The van der Waals surface area contributed by atoms with Crippen LogP contribution in [0.4, 0.5) is 0 Å². The van der Waals surface area contributed by atoms with E-state index in [2.05, 4.69) is 61.5 Å². The quantitative estimate of drug-likeness (QED) is 0.274. The van der Waals surface area contributed by atoms with Crippen molar-refractivity contribution >= 4 is 27.7 Å². The number of halogens is 1. The second kappa shape index (κ2) is 11.0. The zero-order valence-corrected chi connectivity index (χ0v) is 24.3. The van der Waals surface area contributed by atoms with Crippen molar-refractivity contribution in [1.29, 1.82) is 0 Å². The van der Waals surface area contributed by atoms with Gasteiger partial charge in [-0.3, -0.25) is 9.59 Å². The van der Waals surface area contributed by atoms with Gasteiger partial charge in [0.15, 0.2) is 6.79 Å². The van der Waals surface area contributed by atoms with Crippen LogP contribution in [0.2, 0.25) is 0 Å². The molecule has 2 aliphatic rings. The maximum Gasteiger partial charge on any atom is 0.254 e. The first kappa shape index (κ1) is 27.1. The average molecular weight is 594 g/mol. The summed E-state index contributed by atoms with van der Waals surface area (Å²) in [5.74, 6) is 0.667. The van der Waals surface area contributed by atoms with Crippen molar-refractivity contribution < 1.29 is 19.1 Å². The number of hydrogen-bond donors (Lipinski definition) is 0. The number of aromatic nitrogens is 2. The van der Waals surface area contributed by atoms with Gasteiger partial charge in [0.1, 0.15) is 5.75 Å². The lowest BCUT2D eigenvalue weighted by Gasteiger charge is -2.41. The van der Waals surface area contributed by atoms with Gasteiger partial charge in [0.25, 0.3) is 5.91 Å². The molecular formula is C30H33BrN4O4. The maximum atomic E-state index is 13.9. The Balaban J connectivity index is 1.56. The number of nitrogens with zero attached hydrogens (tertiary/aromatic N) is 4. The molecule has 0 unspecified atom stereocenters. The number of methoxy groups -OCH3 is 1. The Kier molecular flexibility index (Phi) is 7.64. The second-order valence-corrected chi connectivity index (χ2v) is 11.2. The molecule has 5 rings (SSSR count). The van der Waals surface area contributed by atoms with Gasteiger partial charge in [0.05, 0.1) is 34.1 Å². The lowest BCUT2D eigenvalue weighted by Crippen LogP contribution is -2.49. The number of amides is 2. The smallest absolute Gasteiger partial charge is 0.254 e. The number of carbonyl (C=O) groups is 2. The number of benzene rings is 2. The fourth-order valence-electron chi connectivity index (χ4n) is 5.49. The van der Waals surface area contributed by atoms with Crippen LogP contribution in [0.1, 0.15) is 64.2 Å². The molecule has 0 bridgehead atoms. The van der Waals surface area contributed by atoms with E-state index in [9.17, 15) is 9.59 Å². The minimum absolute atomic E-state index is 0.0741. The number of rotatable bonds is 7. The van der Waals surface area contributed by atoms with E-state index in [-0.39, 0.29) is 24.6 Å². The molecule has 204 valence electrons. The zero-order valence-electron chi connectivity index (χ0n) is 22.7. The third-order valence-corrected chi connectivity index (χ3v) is 8.16. The Morgan fingerprint density at radius 2 is 2.03 bits per heavy atom. The molecule has 8 nitrogen and oxygen atoms in total. The van der Waals surface area contributed by atoms with Crippen LogP contribution in [0.5, 0.6) is 5.75 Å². The highest BCUT2D eigenvalue weighted by Crippen LogP contribution is 2.40. The molecule has 0 aliphatic carbocycles. The van der Waals surface area contributed by atoms with E-state index >= 15 is 0 Å². The van der Waals surface area contributed by atoms with E-state index in [1.54, 1.807) is 30.2 Å².